The maximum Gasteiger partial charge on any atom is 0.210 e. The number of hydrogen-bond acceptors (Lipinski definition) is 6. The summed E-state index contributed by atoms with van der Waals surface area (Å²) < 4.78 is 7.38. The second kappa shape index (κ2) is 6.97. The standard InChI is InChI=1S/C17H19N5O2S/c1-11(16(23)14-9-18-15-7-3-2-6-13(14)15)25-17-19-20-21-22(17)10-12-5-4-8-24-12/h2-3,6-7,9,11-12,18H,4-5,8,10H2,1H3/t11-,12-/m1/s1. The molecule has 0 aliphatic carbocycles. The molecule has 7 nitrogen and oxygen atoms in total. The molecule has 3 aromatic rings. The fourth-order valence-corrected chi connectivity index (χ4v) is 3.95. The molecular formula is C17H19N5O2S. The van der Waals surface area contributed by atoms with Crippen molar-refractivity contribution < 1.29 is 9.53 Å². The molecule has 25 heavy (non-hydrogen) atoms. The van der Waals surface area contributed by atoms with Crippen LogP contribution in [0, 0.1) is 0 Å². The number of thioether (sulfide) groups is 1. The number of nitrogens with one attached hydrogen (secondary N) is 1. The Bertz CT molecular complexity index is 884. The van der Waals surface area contributed by atoms with Gasteiger partial charge in [0.25, 0.3) is 0 Å². The first-order chi connectivity index (χ1) is 12.2. The molecule has 1 N–H and O–H groups in total. The van der Waals surface area contributed by atoms with Crippen molar-refractivity contribution in [2.45, 2.75) is 42.8 Å². The molecule has 1 aliphatic rings. The molecule has 0 amide bonds. The minimum Gasteiger partial charge on any atom is -0.376 e. The molecule has 1 aliphatic heterocycles. The van der Waals surface area contributed by atoms with Crippen LogP contribution in [0.4, 0.5) is 0 Å². The molecule has 3 heterocycles. The van der Waals surface area contributed by atoms with Gasteiger partial charge in [-0.05, 0) is 36.3 Å². The molecule has 1 saturated heterocycles. The van der Waals surface area contributed by atoms with Crippen LogP contribution < -0.4 is 0 Å². The average molecular weight is 357 g/mol. The number of carbonyl (C=O) groups is 1. The van der Waals surface area contributed by atoms with Gasteiger partial charge in [-0.1, -0.05) is 30.0 Å². The van der Waals surface area contributed by atoms with Gasteiger partial charge in [-0.25, -0.2) is 4.68 Å². The Morgan fingerprint density at radius 2 is 2.36 bits per heavy atom. The Labute approximate surface area is 149 Å². The van der Waals surface area contributed by atoms with E-state index >= 15 is 0 Å². The molecule has 2 atom stereocenters. The van der Waals surface area contributed by atoms with E-state index in [-0.39, 0.29) is 17.1 Å². The third-order valence-electron chi connectivity index (χ3n) is 4.41. The lowest BCUT2D eigenvalue weighted by Gasteiger charge is -2.12. The molecule has 4 rings (SSSR count). The SMILES string of the molecule is C[C@@H](Sc1nnnn1C[C@H]1CCCO1)C(=O)c1c[nH]c2ccccc12. The number of aromatic nitrogens is 5. The van der Waals surface area contributed by atoms with Gasteiger partial charge in [0.05, 0.1) is 17.9 Å². The van der Waals surface area contributed by atoms with Gasteiger partial charge >= 0.3 is 0 Å². The quantitative estimate of drug-likeness (QED) is 0.539. The third-order valence-corrected chi connectivity index (χ3v) is 5.48. The van der Waals surface area contributed by atoms with Crippen molar-refractivity contribution in [1.82, 2.24) is 25.2 Å². The van der Waals surface area contributed by atoms with Gasteiger partial charge in [-0.15, -0.1) is 5.10 Å². The number of ether oxygens (including phenoxy) is 1. The molecule has 1 aromatic carbocycles. The van der Waals surface area contributed by atoms with Gasteiger partial charge in [0.1, 0.15) is 0 Å². The van der Waals surface area contributed by atoms with Gasteiger partial charge in [-0.2, -0.15) is 0 Å². The second-order valence-electron chi connectivity index (χ2n) is 6.15. The Morgan fingerprint density at radius 3 is 3.20 bits per heavy atom. The maximum atomic E-state index is 12.9. The summed E-state index contributed by atoms with van der Waals surface area (Å²) in [5.41, 5.74) is 1.67. The van der Waals surface area contributed by atoms with E-state index in [0.717, 1.165) is 30.4 Å². The van der Waals surface area contributed by atoms with E-state index in [0.29, 0.717) is 17.3 Å². The monoisotopic (exact) mass is 357 g/mol. The summed E-state index contributed by atoms with van der Waals surface area (Å²) in [6, 6.07) is 7.81. The Morgan fingerprint density at radius 1 is 1.48 bits per heavy atom. The van der Waals surface area contributed by atoms with Crippen molar-refractivity contribution >= 4 is 28.4 Å². The molecule has 0 radical (unpaired) electrons. The first kappa shape index (κ1) is 16.3. The summed E-state index contributed by atoms with van der Waals surface area (Å²) in [7, 11) is 0. The molecule has 8 heteroatoms. The summed E-state index contributed by atoms with van der Waals surface area (Å²) in [6.45, 7) is 3.31. The fourth-order valence-electron chi connectivity index (χ4n) is 3.08. The zero-order valence-electron chi connectivity index (χ0n) is 13.9. The molecule has 0 spiro atoms. The molecular weight excluding hydrogens is 338 g/mol. The maximum absolute atomic E-state index is 12.9. The van der Waals surface area contributed by atoms with Crippen molar-refractivity contribution in [2.24, 2.45) is 0 Å². The first-order valence-electron chi connectivity index (χ1n) is 8.37. The average Bonchev–Trinajstić information content (AvgIpc) is 3.36. The number of benzene rings is 1. The van der Waals surface area contributed by atoms with E-state index in [2.05, 4.69) is 20.5 Å². The number of Topliss-reactive ketones (excluding diaryl/α,β-unsaturated/α-hetero) is 1. The van der Waals surface area contributed by atoms with Crippen molar-refractivity contribution in [3.8, 4) is 0 Å². The molecule has 130 valence electrons. The number of para-hydroxylation sites is 1. The Hall–Kier alpha value is -2.19. The predicted molar refractivity (Wildman–Crippen MR) is 94.7 cm³/mol. The van der Waals surface area contributed by atoms with E-state index in [4.69, 9.17) is 4.74 Å². The van der Waals surface area contributed by atoms with E-state index in [1.165, 1.54) is 11.8 Å². The number of rotatable bonds is 6. The minimum absolute atomic E-state index is 0.0640. The van der Waals surface area contributed by atoms with Crippen LogP contribution in [0.2, 0.25) is 0 Å². The van der Waals surface area contributed by atoms with Crippen LogP contribution in [0.5, 0.6) is 0 Å². The topological polar surface area (TPSA) is 85.7 Å². The second-order valence-corrected chi connectivity index (χ2v) is 7.46. The molecule has 0 saturated carbocycles. The summed E-state index contributed by atoms with van der Waals surface area (Å²) in [4.78, 5) is 16.0. The van der Waals surface area contributed by atoms with Crippen molar-refractivity contribution in [3.63, 3.8) is 0 Å². The third kappa shape index (κ3) is 3.32. The van der Waals surface area contributed by atoms with E-state index < -0.39 is 0 Å². The summed E-state index contributed by atoms with van der Waals surface area (Å²) in [5.74, 6) is 0.0640. The number of tetrazole rings is 1. The van der Waals surface area contributed by atoms with Gasteiger partial charge in [0.15, 0.2) is 5.78 Å². The van der Waals surface area contributed by atoms with Crippen LogP contribution >= 0.6 is 11.8 Å². The zero-order valence-corrected chi connectivity index (χ0v) is 14.7. The predicted octanol–water partition coefficient (Wildman–Crippen LogP) is 2.70. The van der Waals surface area contributed by atoms with E-state index in [1.54, 1.807) is 10.9 Å². The summed E-state index contributed by atoms with van der Waals surface area (Å²) in [6.07, 6.45) is 4.03. The Kier molecular flexibility index (Phi) is 4.54. The highest BCUT2D eigenvalue weighted by molar-refractivity contribution is 8.00. The zero-order chi connectivity index (χ0) is 17.2. The number of fused-ring (bicyclic) bond motifs is 1. The van der Waals surface area contributed by atoms with Gasteiger partial charge in [0.2, 0.25) is 5.16 Å². The number of ketones is 1. The number of hydrogen-bond donors (Lipinski definition) is 1. The summed E-state index contributed by atoms with van der Waals surface area (Å²) in [5, 5.41) is 13.2. The fraction of sp³-hybridized carbons (Fsp3) is 0.412. The largest absolute Gasteiger partial charge is 0.376 e. The number of carbonyl (C=O) groups excluding carboxylic acids is 1. The minimum atomic E-state index is -0.284. The highest BCUT2D eigenvalue weighted by atomic mass is 32.2. The first-order valence-corrected chi connectivity index (χ1v) is 9.25. The lowest BCUT2D eigenvalue weighted by atomic mass is 10.1. The number of aromatic amines is 1. The Balaban J connectivity index is 1.49. The number of H-pyrrole nitrogens is 1. The van der Waals surface area contributed by atoms with Crippen LogP contribution in [0.15, 0.2) is 35.6 Å². The van der Waals surface area contributed by atoms with E-state index in [1.807, 2.05) is 31.2 Å². The molecule has 2 aromatic heterocycles. The highest BCUT2D eigenvalue weighted by Crippen LogP contribution is 2.27. The van der Waals surface area contributed by atoms with E-state index in [9.17, 15) is 4.79 Å². The van der Waals surface area contributed by atoms with Crippen LogP contribution in [-0.4, -0.2) is 48.9 Å². The van der Waals surface area contributed by atoms with Gasteiger partial charge in [0, 0.05) is 29.3 Å². The number of nitrogens with zero attached hydrogens (tertiary/aromatic N) is 4. The smallest absolute Gasteiger partial charge is 0.210 e. The van der Waals surface area contributed by atoms with Crippen molar-refractivity contribution in [2.75, 3.05) is 6.61 Å². The normalized spacial score (nSPS) is 18.7. The highest BCUT2D eigenvalue weighted by Gasteiger charge is 2.24. The van der Waals surface area contributed by atoms with Gasteiger partial charge in [-0.3, -0.25) is 4.79 Å². The molecule has 1 fully saturated rings. The van der Waals surface area contributed by atoms with Crippen LogP contribution in [0.3, 0.4) is 0 Å². The molecule has 0 bridgehead atoms. The van der Waals surface area contributed by atoms with Crippen LogP contribution in [0.25, 0.3) is 10.9 Å². The van der Waals surface area contributed by atoms with Crippen molar-refractivity contribution in [3.05, 3.63) is 36.0 Å². The summed E-state index contributed by atoms with van der Waals surface area (Å²) >= 11 is 1.38. The van der Waals surface area contributed by atoms with Crippen molar-refractivity contribution in [1.29, 1.82) is 0 Å². The molecule has 0 unspecified atom stereocenters. The van der Waals surface area contributed by atoms with Crippen LogP contribution in [0.1, 0.15) is 30.1 Å². The lowest BCUT2D eigenvalue weighted by Crippen LogP contribution is -2.19. The van der Waals surface area contributed by atoms with Gasteiger partial charge < -0.3 is 9.72 Å². The van der Waals surface area contributed by atoms with Crippen LogP contribution in [-0.2, 0) is 11.3 Å². The lowest BCUT2D eigenvalue weighted by molar-refractivity contribution is 0.0911.